The molecule has 2 heterocycles. The summed E-state index contributed by atoms with van der Waals surface area (Å²) in [7, 11) is 0. The molecule has 0 radical (unpaired) electrons. The van der Waals surface area contributed by atoms with E-state index in [0.717, 1.165) is 48.9 Å². The Kier molecular flexibility index (Phi) is 3.98. The minimum absolute atomic E-state index is 0.768. The fourth-order valence-corrected chi connectivity index (χ4v) is 1.69. The highest BCUT2D eigenvalue weighted by Crippen LogP contribution is 2.24. The highest BCUT2D eigenvalue weighted by molar-refractivity contribution is 5.58. The first-order valence-corrected chi connectivity index (χ1v) is 6.01. The van der Waals surface area contributed by atoms with Gasteiger partial charge in [0.05, 0.1) is 18.0 Å². The summed E-state index contributed by atoms with van der Waals surface area (Å²) in [5, 5.41) is 3.32. The maximum atomic E-state index is 5.68. The molecule has 0 spiro atoms. The number of aromatic nitrogens is 1. The van der Waals surface area contributed by atoms with Crippen LogP contribution in [0.25, 0.3) is 11.3 Å². The normalized spacial score (nSPS) is 10.9. The molecule has 0 atom stereocenters. The number of oxazole rings is 1. The maximum Gasteiger partial charge on any atom is 0.196 e. The molecular weight excluding hydrogens is 216 g/mol. The maximum absolute atomic E-state index is 5.68. The van der Waals surface area contributed by atoms with Gasteiger partial charge in [-0.25, -0.2) is 4.98 Å². The number of rotatable bonds is 6. The number of hydrogen-bond acceptors (Lipinski definition) is 4. The van der Waals surface area contributed by atoms with Gasteiger partial charge in [0.1, 0.15) is 5.76 Å². The monoisotopic (exact) mass is 234 g/mol. The number of nitrogens with one attached hydrogen (secondary N) is 1. The van der Waals surface area contributed by atoms with E-state index in [1.807, 2.05) is 13.0 Å². The Bertz CT molecular complexity index is 459. The summed E-state index contributed by atoms with van der Waals surface area (Å²) in [5.74, 6) is 2.41. The molecule has 0 saturated heterocycles. The van der Waals surface area contributed by atoms with Crippen molar-refractivity contribution < 1.29 is 8.83 Å². The first kappa shape index (κ1) is 11.9. The van der Waals surface area contributed by atoms with Crippen molar-refractivity contribution in [2.75, 3.05) is 13.1 Å². The van der Waals surface area contributed by atoms with Crippen molar-refractivity contribution in [3.05, 3.63) is 30.2 Å². The lowest BCUT2D eigenvalue weighted by atomic mass is 10.2. The van der Waals surface area contributed by atoms with Crippen LogP contribution in [0.4, 0.5) is 0 Å². The van der Waals surface area contributed by atoms with Gasteiger partial charge in [0.25, 0.3) is 0 Å². The van der Waals surface area contributed by atoms with Crippen LogP contribution in [0.15, 0.2) is 27.4 Å². The highest BCUT2D eigenvalue weighted by Gasteiger charge is 2.10. The standard InChI is InChI=1S/C13H18N2O2/c1-3-6-14-7-4-13-15-9-12(17-13)11-5-8-16-10(11)2/h5,8-9,14H,3-4,6-7H2,1-2H3. The fraction of sp³-hybridized carbons (Fsp3) is 0.462. The minimum atomic E-state index is 0.768. The Balaban J connectivity index is 1.95. The molecular formula is C13H18N2O2. The van der Waals surface area contributed by atoms with E-state index in [9.17, 15) is 0 Å². The summed E-state index contributed by atoms with van der Waals surface area (Å²) < 4.78 is 10.9. The number of furan rings is 1. The zero-order valence-corrected chi connectivity index (χ0v) is 10.3. The number of hydrogen-bond donors (Lipinski definition) is 1. The third-order valence-electron chi connectivity index (χ3n) is 2.62. The molecule has 2 rings (SSSR count). The fourth-order valence-electron chi connectivity index (χ4n) is 1.69. The lowest BCUT2D eigenvalue weighted by Gasteiger charge is -1.99. The molecule has 0 aliphatic carbocycles. The molecule has 0 aliphatic rings. The average molecular weight is 234 g/mol. The average Bonchev–Trinajstić information content (AvgIpc) is 2.93. The van der Waals surface area contributed by atoms with Crippen molar-refractivity contribution >= 4 is 0 Å². The first-order valence-electron chi connectivity index (χ1n) is 6.01. The van der Waals surface area contributed by atoms with Crippen molar-refractivity contribution in [3.8, 4) is 11.3 Å². The van der Waals surface area contributed by atoms with E-state index in [-0.39, 0.29) is 0 Å². The molecule has 0 fully saturated rings. The lowest BCUT2D eigenvalue weighted by molar-refractivity contribution is 0.491. The second-order valence-electron chi connectivity index (χ2n) is 4.01. The minimum Gasteiger partial charge on any atom is -0.469 e. The van der Waals surface area contributed by atoms with Gasteiger partial charge in [-0.1, -0.05) is 6.92 Å². The van der Waals surface area contributed by atoms with Crippen LogP contribution in [0.1, 0.15) is 25.0 Å². The second kappa shape index (κ2) is 5.68. The molecule has 4 heteroatoms. The van der Waals surface area contributed by atoms with Crippen LogP contribution >= 0.6 is 0 Å². The molecule has 0 amide bonds. The van der Waals surface area contributed by atoms with E-state index in [2.05, 4.69) is 17.2 Å². The van der Waals surface area contributed by atoms with Crippen LogP contribution in [0.5, 0.6) is 0 Å². The van der Waals surface area contributed by atoms with Gasteiger partial charge in [-0.05, 0) is 26.0 Å². The Morgan fingerprint density at radius 1 is 1.35 bits per heavy atom. The lowest BCUT2D eigenvalue weighted by Crippen LogP contribution is -2.17. The van der Waals surface area contributed by atoms with Crippen molar-refractivity contribution in [3.63, 3.8) is 0 Å². The van der Waals surface area contributed by atoms with Crippen molar-refractivity contribution in [1.29, 1.82) is 0 Å². The molecule has 0 saturated carbocycles. The molecule has 2 aromatic heterocycles. The van der Waals surface area contributed by atoms with Crippen molar-refractivity contribution in [2.45, 2.75) is 26.7 Å². The van der Waals surface area contributed by atoms with E-state index >= 15 is 0 Å². The summed E-state index contributed by atoms with van der Waals surface area (Å²) in [4.78, 5) is 4.26. The van der Waals surface area contributed by atoms with E-state index in [0.29, 0.717) is 0 Å². The largest absolute Gasteiger partial charge is 0.469 e. The van der Waals surface area contributed by atoms with Gasteiger partial charge in [-0.15, -0.1) is 0 Å². The Morgan fingerprint density at radius 2 is 2.24 bits per heavy atom. The summed E-state index contributed by atoms with van der Waals surface area (Å²) in [6.45, 7) is 6.00. The Labute approximate surface area is 101 Å². The third-order valence-corrected chi connectivity index (χ3v) is 2.62. The summed E-state index contributed by atoms with van der Waals surface area (Å²) in [6, 6.07) is 1.90. The predicted octanol–water partition coefficient (Wildman–Crippen LogP) is 2.79. The number of nitrogens with zero attached hydrogens (tertiary/aromatic N) is 1. The van der Waals surface area contributed by atoms with Crippen molar-refractivity contribution in [2.24, 2.45) is 0 Å². The van der Waals surface area contributed by atoms with Crippen LogP contribution in [0.2, 0.25) is 0 Å². The Morgan fingerprint density at radius 3 is 2.94 bits per heavy atom. The molecule has 2 aromatic rings. The molecule has 17 heavy (non-hydrogen) atoms. The van der Waals surface area contributed by atoms with E-state index < -0.39 is 0 Å². The summed E-state index contributed by atoms with van der Waals surface area (Å²) >= 11 is 0. The Hall–Kier alpha value is -1.55. The van der Waals surface area contributed by atoms with E-state index in [1.165, 1.54) is 0 Å². The molecule has 0 aromatic carbocycles. The first-order chi connectivity index (χ1) is 8.31. The zero-order chi connectivity index (χ0) is 12.1. The molecule has 0 aliphatic heterocycles. The van der Waals surface area contributed by atoms with Gasteiger partial charge >= 0.3 is 0 Å². The number of aryl methyl sites for hydroxylation is 1. The zero-order valence-electron chi connectivity index (χ0n) is 10.3. The van der Waals surface area contributed by atoms with Gasteiger partial charge in [0, 0.05) is 13.0 Å². The summed E-state index contributed by atoms with van der Waals surface area (Å²) in [5.41, 5.74) is 0.977. The smallest absolute Gasteiger partial charge is 0.196 e. The van der Waals surface area contributed by atoms with Gasteiger partial charge in [0.15, 0.2) is 11.7 Å². The van der Waals surface area contributed by atoms with Crippen LogP contribution in [0, 0.1) is 6.92 Å². The van der Waals surface area contributed by atoms with Gasteiger partial charge in [-0.3, -0.25) is 0 Å². The predicted molar refractivity (Wildman–Crippen MR) is 65.8 cm³/mol. The van der Waals surface area contributed by atoms with E-state index in [1.54, 1.807) is 12.5 Å². The van der Waals surface area contributed by atoms with Gasteiger partial charge in [-0.2, -0.15) is 0 Å². The topological polar surface area (TPSA) is 51.2 Å². The molecule has 4 nitrogen and oxygen atoms in total. The highest BCUT2D eigenvalue weighted by atomic mass is 16.4. The van der Waals surface area contributed by atoms with Crippen LogP contribution in [0.3, 0.4) is 0 Å². The van der Waals surface area contributed by atoms with Crippen LogP contribution < -0.4 is 5.32 Å². The SMILES string of the molecule is CCCNCCc1ncc(-c2ccoc2C)o1. The van der Waals surface area contributed by atoms with Crippen LogP contribution in [-0.4, -0.2) is 18.1 Å². The second-order valence-corrected chi connectivity index (χ2v) is 4.01. The molecule has 0 bridgehead atoms. The third kappa shape index (κ3) is 2.97. The molecule has 0 unspecified atom stereocenters. The van der Waals surface area contributed by atoms with Crippen molar-refractivity contribution in [1.82, 2.24) is 10.3 Å². The summed E-state index contributed by atoms with van der Waals surface area (Å²) in [6.07, 6.45) is 5.38. The quantitative estimate of drug-likeness (QED) is 0.781. The van der Waals surface area contributed by atoms with E-state index in [4.69, 9.17) is 8.83 Å². The molecule has 92 valence electrons. The molecule has 1 N–H and O–H groups in total. The van der Waals surface area contributed by atoms with Gasteiger partial charge in [0.2, 0.25) is 0 Å². The van der Waals surface area contributed by atoms with Crippen LogP contribution in [-0.2, 0) is 6.42 Å². The van der Waals surface area contributed by atoms with Gasteiger partial charge < -0.3 is 14.2 Å².